The molecule has 7 nitrogen and oxygen atoms in total. The summed E-state index contributed by atoms with van der Waals surface area (Å²) in [5.41, 5.74) is 0.325. The fourth-order valence-corrected chi connectivity index (χ4v) is 2.80. The van der Waals surface area contributed by atoms with Gasteiger partial charge in [-0.2, -0.15) is 4.98 Å². The molecule has 1 saturated heterocycles. The predicted molar refractivity (Wildman–Crippen MR) is 87.3 cm³/mol. The van der Waals surface area contributed by atoms with Crippen LogP contribution >= 0.6 is 0 Å². The molecule has 0 saturated carbocycles. The zero-order chi connectivity index (χ0) is 17.3. The number of benzene rings is 1. The van der Waals surface area contributed by atoms with Gasteiger partial charge in [0.2, 0.25) is 11.8 Å². The van der Waals surface area contributed by atoms with Crippen LogP contribution in [0.1, 0.15) is 12.3 Å². The van der Waals surface area contributed by atoms with E-state index in [0.29, 0.717) is 37.0 Å². The largest absolute Gasteiger partial charge is 0.344 e. The highest BCUT2D eigenvalue weighted by Crippen LogP contribution is 2.26. The molecule has 3 rings (SSSR count). The fraction of sp³-hybridized carbons (Fsp3) is 0.438. The third-order valence-electron chi connectivity index (χ3n) is 4.09. The summed E-state index contributed by atoms with van der Waals surface area (Å²) in [5, 5.41) is 3.86. The lowest BCUT2D eigenvalue weighted by molar-refractivity contribution is -0.121. The average Bonchev–Trinajstić information content (AvgIpc) is 3.15. The average molecular weight is 333 g/mol. The number of rotatable bonds is 5. The monoisotopic (exact) mass is 333 g/mol. The first-order valence-corrected chi connectivity index (χ1v) is 7.73. The van der Waals surface area contributed by atoms with E-state index < -0.39 is 0 Å². The molecule has 0 unspecified atom stereocenters. The Bertz CT molecular complexity index is 733. The molecule has 1 aromatic carbocycles. The molecule has 24 heavy (non-hydrogen) atoms. The SMILES string of the molecule is CN(C)c1noc(CN(C)[C@H]2CCN(c3ccccc3F)C2=O)n1. The minimum atomic E-state index is -0.387. The summed E-state index contributed by atoms with van der Waals surface area (Å²) in [6.45, 7) is 0.851. The van der Waals surface area contributed by atoms with Crippen LogP contribution in [0.2, 0.25) is 0 Å². The molecule has 0 bridgehead atoms. The standard InChI is InChI=1S/C16H20FN5O2/c1-20(2)16-18-14(24-19-16)10-21(3)13-8-9-22(15(13)23)12-7-5-4-6-11(12)17/h4-7,13H,8-10H2,1-3H3/t13-/m0/s1. The highest BCUT2D eigenvalue weighted by molar-refractivity contribution is 5.99. The van der Waals surface area contributed by atoms with Crippen molar-refractivity contribution in [1.82, 2.24) is 15.0 Å². The zero-order valence-corrected chi connectivity index (χ0v) is 13.9. The van der Waals surface area contributed by atoms with Crippen LogP contribution in [-0.2, 0) is 11.3 Å². The molecular weight excluding hydrogens is 313 g/mol. The number of para-hydroxylation sites is 1. The highest BCUT2D eigenvalue weighted by atomic mass is 19.1. The highest BCUT2D eigenvalue weighted by Gasteiger charge is 2.36. The van der Waals surface area contributed by atoms with E-state index in [0.717, 1.165) is 0 Å². The van der Waals surface area contributed by atoms with Gasteiger partial charge in [-0.05, 0) is 30.8 Å². The number of aromatic nitrogens is 2. The lowest BCUT2D eigenvalue weighted by Crippen LogP contribution is -2.39. The van der Waals surface area contributed by atoms with E-state index >= 15 is 0 Å². The number of anilines is 2. The number of carbonyl (C=O) groups is 1. The van der Waals surface area contributed by atoms with Gasteiger partial charge in [0.1, 0.15) is 5.82 Å². The number of carbonyl (C=O) groups excluding carboxylic acids is 1. The van der Waals surface area contributed by atoms with Crippen LogP contribution in [0, 0.1) is 5.82 Å². The first kappa shape index (κ1) is 16.4. The van der Waals surface area contributed by atoms with Crippen molar-refractivity contribution in [3.05, 3.63) is 36.0 Å². The minimum absolute atomic E-state index is 0.116. The van der Waals surface area contributed by atoms with Gasteiger partial charge in [0, 0.05) is 20.6 Å². The van der Waals surface area contributed by atoms with E-state index in [-0.39, 0.29) is 17.8 Å². The van der Waals surface area contributed by atoms with Gasteiger partial charge in [-0.15, -0.1) is 0 Å². The van der Waals surface area contributed by atoms with E-state index in [1.54, 1.807) is 23.1 Å². The number of hydrogen-bond donors (Lipinski definition) is 0. The van der Waals surface area contributed by atoms with Crippen molar-refractivity contribution < 1.29 is 13.7 Å². The minimum Gasteiger partial charge on any atom is -0.344 e. The Kier molecular flexibility index (Phi) is 4.48. The van der Waals surface area contributed by atoms with E-state index in [1.807, 2.05) is 26.0 Å². The summed E-state index contributed by atoms with van der Waals surface area (Å²) in [7, 11) is 5.48. The first-order chi connectivity index (χ1) is 11.5. The molecule has 8 heteroatoms. The third-order valence-corrected chi connectivity index (χ3v) is 4.09. The third kappa shape index (κ3) is 3.09. The van der Waals surface area contributed by atoms with Crippen molar-refractivity contribution in [2.75, 3.05) is 37.5 Å². The molecule has 1 aliphatic heterocycles. The van der Waals surface area contributed by atoms with Crippen LogP contribution in [0.15, 0.2) is 28.8 Å². The number of halogens is 1. The van der Waals surface area contributed by atoms with Gasteiger partial charge in [0.25, 0.3) is 5.95 Å². The molecule has 128 valence electrons. The van der Waals surface area contributed by atoms with Crippen LogP contribution in [0.25, 0.3) is 0 Å². The predicted octanol–water partition coefficient (Wildman–Crippen LogP) is 1.51. The molecule has 1 fully saturated rings. The van der Waals surface area contributed by atoms with Crippen molar-refractivity contribution in [3.8, 4) is 0 Å². The van der Waals surface area contributed by atoms with E-state index in [9.17, 15) is 9.18 Å². The van der Waals surface area contributed by atoms with Gasteiger partial charge in [0.15, 0.2) is 0 Å². The molecule has 2 aromatic rings. The maximum absolute atomic E-state index is 13.9. The summed E-state index contributed by atoms with van der Waals surface area (Å²) in [5.74, 6) is 0.430. The Morgan fingerprint density at radius 3 is 2.75 bits per heavy atom. The fourth-order valence-electron chi connectivity index (χ4n) is 2.80. The summed E-state index contributed by atoms with van der Waals surface area (Å²) < 4.78 is 19.1. The van der Waals surface area contributed by atoms with Gasteiger partial charge in [-0.25, -0.2) is 4.39 Å². The van der Waals surface area contributed by atoms with Gasteiger partial charge in [-0.3, -0.25) is 9.69 Å². The van der Waals surface area contributed by atoms with Crippen LogP contribution in [0.3, 0.4) is 0 Å². The maximum Gasteiger partial charge on any atom is 0.265 e. The van der Waals surface area contributed by atoms with Crippen LogP contribution in [-0.4, -0.2) is 54.7 Å². The van der Waals surface area contributed by atoms with Crippen LogP contribution in [0.5, 0.6) is 0 Å². The topological polar surface area (TPSA) is 65.7 Å². The molecule has 0 aliphatic carbocycles. The summed E-state index contributed by atoms with van der Waals surface area (Å²) in [4.78, 5) is 22.0. The first-order valence-electron chi connectivity index (χ1n) is 7.73. The number of likely N-dealkylation sites (N-methyl/N-ethyl adjacent to an activating group) is 1. The smallest absolute Gasteiger partial charge is 0.265 e. The summed E-state index contributed by atoms with van der Waals surface area (Å²) >= 11 is 0. The molecule has 1 amide bonds. The molecule has 1 atom stereocenters. The normalized spacial score (nSPS) is 17.8. The molecular formula is C16H20FN5O2. The van der Waals surface area contributed by atoms with Gasteiger partial charge >= 0.3 is 0 Å². The lowest BCUT2D eigenvalue weighted by Gasteiger charge is -2.22. The quantitative estimate of drug-likeness (QED) is 0.826. The molecule has 1 aliphatic rings. The zero-order valence-electron chi connectivity index (χ0n) is 13.9. The van der Waals surface area contributed by atoms with Crippen molar-refractivity contribution in [3.63, 3.8) is 0 Å². The Hall–Kier alpha value is -2.48. The number of amides is 1. The van der Waals surface area contributed by atoms with Crippen molar-refractivity contribution in [2.45, 2.75) is 19.0 Å². The molecule has 2 heterocycles. The Morgan fingerprint density at radius 2 is 2.08 bits per heavy atom. The maximum atomic E-state index is 13.9. The Labute approximate surface area is 139 Å². The summed E-state index contributed by atoms with van der Waals surface area (Å²) in [6.07, 6.45) is 0.623. The van der Waals surface area contributed by atoms with E-state index in [2.05, 4.69) is 10.1 Å². The Balaban J connectivity index is 1.69. The summed E-state index contributed by atoms with van der Waals surface area (Å²) in [6, 6.07) is 5.99. The molecule has 0 radical (unpaired) electrons. The van der Waals surface area contributed by atoms with Crippen molar-refractivity contribution >= 4 is 17.5 Å². The molecule has 0 spiro atoms. The molecule has 1 aromatic heterocycles. The second-order valence-corrected chi connectivity index (χ2v) is 6.04. The van der Waals surface area contributed by atoms with E-state index in [1.165, 1.54) is 11.0 Å². The second-order valence-electron chi connectivity index (χ2n) is 6.04. The van der Waals surface area contributed by atoms with E-state index in [4.69, 9.17) is 4.52 Å². The second kappa shape index (κ2) is 6.56. The van der Waals surface area contributed by atoms with Crippen LogP contribution in [0.4, 0.5) is 16.0 Å². The number of nitrogens with zero attached hydrogens (tertiary/aromatic N) is 5. The van der Waals surface area contributed by atoms with Crippen molar-refractivity contribution in [2.24, 2.45) is 0 Å². The van der Waals surface area contributed by atoms with Gasteiger partial charge in [0.05, 0.1) is 18.3 Å². The van der Waals surface area contributed by atoms with Crippen LogP contribution < -0.4 is 9.80 Å². The molecule has 0 N–H and O–H groups in total. The Morgan fingerprint density at radius 1 is 1.33 bits per heavy atom. The lowest BCUT2D eigenvalue weighted by atomic mass is 10.2. The van der Waals surface area contributed by atoms with Crippen molar-refractivity contribution in [1.29, 1.82) is 0 Å². The van der Waals surface area contributed by atoms with Gasteiger partial charge < -0.3 is 14.3 Å². The number of hydrogen-bond acceptors (Lipinski definition) is 6. The van der Waals surface area contributed by atoms with Gasteiger partial charge in [-0.1, -0.05) is 12.1 Å².